The van der Waals surface area contributed by atoms with Crippen LogP contribution in [0.15, 0.2) is 18.2 Å². The van der Waals surface area contributed by atoms with Crippen molar-refractivity contribution in [1.82, 2.24) is 0 Å². The molecule has 0 saturated heterocycles. The third kappa shape index (κ3) is 1.44. The van der Waals surface area contributed by atoms with E-state index < -0.39 is 0 Å². The van der Waals surface area contributed by atoms with Gasteiger partial charge in [-0.2, -0.15) is 0 Å². The number of fused-ring (bicyclic) bond motifs is 4. The fraction of sp³-hybridized carbons (Fsp3) is 0.562. The van der Waals surface area contributed by atoms with E-state index in [1.807, 2.05) is 6.07 Å². The van der Waals surface area contributed by atoms with Gasteiger partial charge in [0.15, 0.2) is 0 Å². The molecule has 0 spiro atoms. The summed E-state index contributed by atoms with van der Waals surface area (Å²) in [7, 11) is 1.68. The molecule has 18 heavy (non-hydrogen) atoms. The molecule has 2 aliphatic rings. The van der Waals surface area contributed by atoms with E-state index in [2.05, 4.69) is 26.0 Å². The molecule has 0 radical (unpaired) electrons. The predicted molar refractivity (Wildman–Crippen MR) is 70.9 cm³/mol. The lowest BCUT2D eigenvalue weighted by atomic mass is 9.57. The second kappa shape index (κ2) is 3.84. The van der Waals surface area contributed by atoms with Gasteiger partial charge in [-0.1, -0.05) is 13.0 Å². The first kappa shape index (κ1) is 11.8. The lowest BCUT2D eigenvalue weighted by Gasteiger charge is -2.45. The molecule has 0 heterocycles. The molecular weight excluding hydrogens is 224 g/mol. The minimum atomic E-state index is -0.278. The molecule has 2 nitrogen and oxygen atoms in total. The molecule has 0 aliphatic heterocycles. The van der Waals surface area contributed by atoms with Gasteiger partial charge in [-0.05, 0) is 55.4 Å². The number of rotatable bonds is 1. The summed E-state index contributed by atoms with van der Waals surface area (Å²) >= 11 is 0. The molecule has 3 rings (SSSR count). The summed E-state index contributed by atoms with van der Waals surface area (Å²) < 4.78 is 5.31. The van der Waals surface area contributed by atoms with Gasteiger partial charge in [0.2, 0.25) is 0 Å². The normalized spacial score (nSPS) is 34.1. The number of methoxy groups -OCH3 is 1. The summed E-state index contributed by atoms with van der Waals surface area (Å²) in [6.07, 6.45) is 3.04. The van der Waals surface area contributed by atoms with E-state index in [0.29, 0.717) is 11.7 Å². The number of ether oxygens (including phenoxy) is 1. The maximum atomic E-state index is 12.7. The molecular formula is C16H20O2. The summed E-state index contributed by atoms with van der Waals surface area (Å²) in [6.45, 7) is 4.34. The Morgan fingerprint density at radius 3 is 2.89 bits per heavy atom. The number of hydrogen-bond donors (Lipinski definition) is 0. The lowest BCUT2D eigenvalue weighted by Crippen LogP contribution is -2.49. The zero-order valence-electron chi connectivity index (χ0n) is 11.3. The average Bonchev–Trinajstić information content (AvgIpc) is 2.38. The van der Waals surface area contributed by atoms with Gasteiger partial charge in [0.25, 0.3) is 0 Å². The summed E-state index contributed by atoms with van der Waals surface area (Å²) in [5, 5.41) is 0. The second-order valence-electron chi connectivity index (χ2n) is 6.05. The van der Waals surface area contributed by atoms with Crippen molar-refractivity contribution in [2.45, 2.75) is 38.5 Å². The van der Waals surface area contributed by atoms with Crippen LogP contribution in [0.2, 0.25) is 0 Å². The van der Waals surface area contributed by atoms with Crippen LogP contribution in [-0.4, -0.2) is 12.9 Å². The van der Waals surface area contributed by atoms with Gasteiger partial charge in [-0.25, -0.2) is 0 Å². The molecule has 96 valence electrons. The van der Waals surface area contributed by atoms with Gasteiger partial charge in [-0.3, -0.25) is 4.79 Å². The maximum absolute atomic E-state index is 12.7. The topological polar surface area (TPSA) is 26.3 Å². The molecule has 3 unspecified atom stereocenters. The van der Waals surface area contributed by atoms with Crippen LogP contribution in [0.1, 0.15) is 37.8 Å². The fourth-order valence-electron chi connectivity index (χ4n) is 3.68. The maximum Gasteiger partial charge on any atom is 0.146 e. The van der Waals surface area contributed by atoms with Crippen LogP contribution >= 0.6 is 0 Å². The van der Waals surface area contributed by atoms with Crippen molar-refractivity contribution < 1.29 is 9.53 Å². The van der Waals surface area contributed by atoms with E-state index in [1.165, 1.54) is 11.1 Å². The van der Waals surface area contributed by atoms with Crippen LogP contribution in [0.4, 0.5) is 0 Å². The SMILES string of the molecule is COc1ccc2c(c1)C1(C)CCC(C)C(C2)C1=O. The first-order chi connectivity index (χ1) is 8.56. The lowest BCUT2D eigenvalue weighted by molar-refractivity contribution is -0.133. The Labute approximate surface area is 108 Å². The number of Topliss-reactive ketones (excluding diaryl/α,β-unsaturated/α-hetero) is 1. The van der Waals surface area contributed by atoms with Gasteiger partial charge in [-0.15, -0.1) is 0 Å². The van der Waals surface area contributed by atoms with Crippen molar-refractivity contribution >= 4 is 5.78 Å². The highest BCUT2D eigenvalue weighted by Gasteiger charge is 2.49. The number of ketones is 1. The quantitative estimate of drug-likeness (QED) is 0.758. The minimum Gasteiger partial charge on any atom is -0.497 e. The highest BCUT2D eigenvalue weighted by atomic mass is 16.5. The highest BCUT2D eigenvalue weighted by Crippen LogP contribution is 2.48. The zero-order chi connectivity index (χ0) is 12.9. The number of benzene rings is 1. The van der Waals surface area contributed by atoms with Crippen molar-refractivity contribution in [3.05, 3.63) is 29.3 Å². The first-order valence-electron chi connectivity index (χ1n) is 6.78. The predicted octanol–water partition coefficient (Wildman–Crippen LogP) is 3.12. The summed E-state index contributed by atoms with van der Waals surface area (Å²) in [4.78, 5) is 12.7. The first-order valence-corrected chi connectivity index (χ1v) is 6.78. The minimum absolute atomic E-state index is 0.227. The largest absolute Gasteiger partial charge is 0.497 e. The average molecular weight is 244 g/mol. The fourth-order valence-corrected chi connectivity index (χ4v) is 3.68. The summed E-state index contributed by atoms with van der Waals surface area (Å²) in [5.41, 5.74) is 2.27. The molecule has 1 fully saturated rings. The molecule has 0 aromatic heterocycles. The molecule has 2 heteroatoms. The molecule has 1 aromatic carbocycles. The summed E-state index contributed by atoms with van der Waals surface area (Å²) in [5.74, 6) is 2.06. The van der Waals surface area contributed by atoms with Crippen molar-refractivity contribution in [2.24, 2.45) is 11.8 Å². The standard InChI is InChI=1S/C16H20O2/c1-10-6-7-16(2)14-9-12(18-3)5-4-11(14)8-13(10)15(16)17/h4-5,9-10,13H,6-8H2,1-3H3. The third-order valence-corrected chi connectivity index (χ3v) is 5.02. The van der Waals surface area contributed by atoms with Crippen LogP contribution in [0.5, 0.6) is 5.75 Å². The number of hydrogen-bond acceptors (Lipinski definition) is 2. The smallest absolute Gasteiger partial charge is 0.146 e. The van der Waals surface area contributed by atoms with E-state index in [-0.39, 0.29) is 11.3 Å². The monoisotopic (exact) mass is 244 g/mol. The Balaban J connectivity index is 2.16. The van der Waals surface area contributed by atoms with Crippen LogP contribution < -0.4 is 4.74 Å². The molecule has 0 amide bonds. The van der Waals surface area contributed by atoms with Crippen LogP contribution in [-0.2, 0) is 16.6 Å². The molecule has 2 aliphatic carbocycles. The van der Waals surface area contributed by atoms with Crippen LogP contribution in [0.25, 0.3) is 0 Å². The number of carbonyl (C=O) groups is 1. The van der Waals surface area contributed by atoms with Gasteiger partial charge >= 0.3 is 0 Å². The van der Waals surface area contributed by atoms with E-state index in [9.17, 15) is 4.79 Å². The third-order valence-electron chi connectivity index (χ3n) is 5.02. The summed E-state index contributed by atoms with van der Waals surface area (Å²) in [6, 6.07) is 6.22. The molecule has 1 aromatic rings. The van der Waals surface area contributed by atoms with Crippen molar-refractivity contribution in [2.75, 3.05) is 7.11 Å². The Hall–Kier alpha value is -1.31. The number of carbonyl (C=O) groups excluding carboxylic acids is 1. The van der Waals surface area contributed by atoms with Crippen LogP contribution in [0, 0.1) is 11.8 Å². The Morgan fingerprint density at radius 2 is 2.17 bits per heavy atom. The van der Waals surface area contributed by atoms with Crippen molar-refractivity contribution in [3.63, 3.8) is 0 Å². The Bertz CT molecular complexity index is 506. The van der Waals surface area contributed by atoms with E-state index in [1.54, 1.807) is 7.11 Å². The Kier molecular flexibility index (Phi) is 2.51. The van der Waals surface area contributed by atoms with Gasteiger partial charge in [0.05, 0.1) is 12.5 Å². The van der Waals surface area contributed by atoms with E-state index in [4.69, 9.17) is 4.74 Å². The van der Waals surface area contributed by atoms with Gasteiger partial charge in [0.1, 0.15) is 11.5 Å². The van der Waals surface area contributed by atoms with Crippen LogP contribution in [0.3, 0.4) is 0 Å². The molecule has 2 bridgehead atoms. The Morgan fingerprint density at radius 1 is 1.39 bits per heavy atom. The molecule has 3 atom stereocenters. The highest BCUT2D eigenvalue weighted by molar-refractivity contribution is 5.95. The zero-order valence-corrected chi connectivity index (χ0v) is 11.3. The molecule has 0 N–H and O–H groups in total. The van der Waals surface area contributed by atoms with E-state index in [0.717, 1.165) is 25.0 Å². The van der Waals surface area contributed by atoms with Gasteiger partial charge in [0, 0.05) is 5.92 Å². The van der Waals surface area contributed by atoms with Crippen molar-refractivity contribution in [1.29, 1.82) is 0 Å². The second-order valence-corrected chi connectivity index (χ2v) is 6.05. The van der Waals surface area contributed by atoms with Crippen molar-refractivity contribution in [3.8, 4) is 5.75 Å². The molecule has 1 saturated carbocycles. The van der Waals surface area contributed by atoms with Gasteiger partial charge < -0.3 is 4.74 Å². The van der Waals surface area contributed by atoms with E-state index >= 15 is 0 Å².